The second kappa shape index (κ2) is 7.25. The summed E-state index contributed by atoms with van der Waals surface area (Å²) in [6.45, 7) is -1.18. The third-order valence-electron chi connectivity index (χ3n) is 4.65. The maximum atomic E-state index is 12.4. The summed E-state index contributed by atoms with van der Waals surface area (Å²) in [6.07, 6.45) is 4.47. The Balaban J connectivity index is 1.48. The summed E-state index contributed by atoms with van der Waals surface area (Å²) in [6, 6.07) is 7.51. The number of nitrogens with zero attached hydrogens (tertiary/aromatic N) is 1. The lowest BCUT2D eigenvalue weighted by molar-refractivity contribution is -0.131. The molecule has 4 nitrogen and oxygen atoms in total. The number of hydrogen-bond acceptors (Lipinski definition) is 3. The highest BCUT2D eigenvalue weighted by Crippen LogP contribution is 2.21. The van der Waals surface area contributed by atoms with Crippen LogP contribution in [0.1, 0.15) is 31.2 Å². The maximum absolute atomic E-state index is 12.4. The Kier molecular flexibility index (Phi) is 5.10. The van der Waals surface area contributed by atoms with Gasteiger partial charge in [0, 0.05) is 31.6 Å². The molecule has 2 atom stereocenters. The number of alkyl halides is 2. The van der Waals surface area contributed by atoms with Gasteiger partial charge in [-0.15, -0.1) is 0 Å². The van der Waals surface area contributed by atoms with Gasteiger partial charge in [-0.3, -0.25) is 4.79 Å². The zero-order valence-corrected chi connectivity index (χ0v) is 13.0. The number of nitrogens with one attached hydrogen (secondary N) is 1. The van der Waals surface area contributed by atoms with Crippen molar-refractivity contribution in [3.63, 3.8) is 0 Å². The van der Waals surface area contributed by atoms with Crippen molar-refractivity contribution in [2.75, 3.05) is 13.1 Å². The van der Waals surface area contributed by atoms with Crippen molar-refractivity contribution in [3.05, 3.63) is 29.8 Å². The summed E-state index contributed by atoms with van der Waals surface area (Å²) in [4.78, 5) is 14.4. The number of likely N-dealkylation sites (tertiary alicyclic amines) is 1. The molecule has 2 saturated heterocycles. The monoisotopic (exact) mass is 324 g/mol. The number of hydrogen-bond donors (Lipinski definition) is 1. The average molecular weight is 324 g/mol. The number of rotatable bonds is 5. The molecule has 6 heteroatoms. The fourth-order valence-electron chi connectivity index (χ4n) is 3.42. The maximum Gasteiger partial charge on any atom is 0.387 e. The highest BCUT2D eigenvalue weighted by molar-refractivity contribution is 5.76. The molecule has 2 aliphatic rings. The third kappa shape index (κ3) is 4.41. The molecule has 1 amide bonds. The van der Waals surface area contributed by atoms with Crippen molar-refractivity contribution in [3.8, 4) is 5.75 Å². The van der Waals surface area contributed by atoms with E-state index < -0.39 is 6.61 Å². The molecule has 2 unspecified atom stereocenters. The Bertz CT molecular complexity index is 536. The zero-order chi connectivity index (χ0) is 16.2. The van der Waals surface area contributed by atoms with E-state index in [1.165, 1.54) is 18.6 Å². The van der Waals surface area contributed by atoms with Crippen molar-refractivity contribution >= 4 is 5.91 Å². The molecule has 1 N–H and O–H groups in total. The number of carbonyl (C=O) groups is 1. The van der Waals surface area contributed by atoms with Crippen LogP contribution in [-0.4, -0.2) is 42.6 Å². The molecule has 126 valence electrons. The van der Waals surface area contributed by atoms with E-state index in [0.717, 1.165) is 31.5 Å². The Morgan fingerprint density at radius 2 is 1.96 bits per heavy atom. The van der Waals surface area contributed by atoms with Crippen LogP contribution >= 0.6 is 0 Å². The van der Waals surface area contributed by atoms with Gasteiger partial charge in [0.15, 0.2) is 0 Å². The normalized spacial score (nSPS) is 23.9. The Morgan fingerprint density at radius 3 is 2.70 bits per heavy atom. The fourth-order valence-corrected chi connectivity index (χ4v) is 3.42. The van der Waals surface area contributed by atoms with E-state index in [2.05, 4.69) is 10.1 Å². The molecule has 3 rings (SSSR count). The number of halogens is 2. The molecular weight excluding hydrogens is 302 g/mol. The molecule has 23 heavy (non-hydrogen) atoms. The van der Waals surface area contributed by atoms with Crippen molar-refractivity contribution in [1.29, 1.82) is 0 Å². The highest BCUT2D eigenvalue weighted by atomic mass is 19.3. The molecule has 1 aromatic carbocycles. The van der Waals surface area contributed by atoms with Gasteiger partial charge in [-0.1, -0.05) is 12.1 Å². The Hall–Kier alpha value is -1.69. The lowest BCUT2D eigenvalue weighted by Gasteiger charge is -2.24. The van der Waals surface area contributed by atoms with Crippen LogP contribution in [0.4, 0.5) is 8.78 Å². The van der Waals surface area contributed by atoms with E-state index in [1.54, 1.807) is 12.1 Å². The Labute approximate surface area is 134 Å². The topological polar surface area (TPSA) is 41.6 Å². The molecule has 1 aromatic rings. The van der Waals surface area contributed by atoms with Crippen molar-refractivity contribution in [2.45, 2.75) is 50.8 Å². The van der Waals surface area contributed by atoms with E-state index in [9.17, 15) is 13.6 Å². The standard InChI is InChI=1S/C17H22F2N2O2/c18-17(19)23-15-6-1-12(2-7-15)3-8-16(22)21-10-9-13-4-5-14(11-21)20-13/h1-2,6-7,13-14,17,20H,3-5,8-11H2. The highest BCUT2D eigenvalue weighted by Gasteiger charge is 2.30. The van der Waals surface area contributed by atoms with Gasteiger partial charge in [-0.2, -0.15) is 8.78 Å². The minimum atomic E-state index is -2.81. The second-order valence-electron chi connectivity index (χ2n) is 6.29. The first kappa shape index (κ1) is 16.2. The second-order valence-corrected chi connectivity index (χ2v) is 6.29. The predicted molar refractivity (Wildman–Crippen MR) is 82.5 cm³/mol. The van der Waals surface area contributed by atoms with Crippen LogP contribution in [0, 0.1) is 0 Å². The minimum absolute atomic E-state index is 0.143. The average Bonchev–Trinajstić information content (AvgIpc) is 2.85. The summed E-state index contributed by atoms with van der Waals surface area (Å²) in [5.41, 5.74) is 0.953. The molecule has 0 radical (unpaired) electrons. The molecule has 2 aliphatic heterocycles. The summed E-state index contributed by atoms with van der Waals surface area (Å²) in [5.74, 6) is 0.317. The SMILES string of the molecule is O=C(CCc1ccc(OC(F)F)cc1)N1CCC2CCC(C1)N2. The smallest absolute Gasteiger partial charge is 0.387 e. The minimum Gasteiger partial charge on any atom is -0.435 e. The largest absolute Gasteiger partial charge is 0.435 e. The quantitative estimate of drug-likeness (QED) is 0.905. The van der Waals surface area contributed by atoms with Gasteiger partial charge in [-0.05, 0) is 43.4 Å². The number of ether oxygens (including phenoxy) is 1. The van der Waals surface area contributed by atoms with Crippen LogP contribution in [0.3, 0.4) is 0 Å². The number of benzene rings is 1. The third-order valence-corrected chi connectivity index (χ3v) is 4.65. The van der Waals surface area contributed by atoms with E-state index in [4.69, 9.17) is 0 Å². The molecule has 2 heterocycles. The molecule has 0 aliphatic carbocycles. The first-order chi connectivity index (χ1) is 11.1. The van der Waals surface area contributed by atoms with Crippen molar-refractivity contribution in [2.24, 2.45) is 0 Å². The summed E-state index contributed by atoms with van der Waals surface area (Å²) < 4.78 is 28.5. The predicted octanol–water partition coefficient (Wildman–Crippen LogP) is 2.57. The zero-order valence-electron chi connectivity index (χ0n) is 13.0. The molecular formula is C17H22F2N2O2. The van der Waals surface area contributed by atoms with Gasteiger partial charge in [0.2, 0.25) is 5.91 Å². The van der Waals surface area contributed by atoms with Crippen LogP contribution in [0.2, 0.25) is 0 Å². The van der Waals surface area contributed by atoms with Gasteiger partial charge in [0.1, 0.15) is 5.75 Å². The lowest BCUT2D eigenvalue weighted by atomic mass is 10.1. The fraction of sp³-hybridized carbons (Fsp3) is 0.588. The molecule has 0 aromatic heterocycles. The molecule has 2 bridgehead atoms. The van der Waals surface area contributed by atoms with Crippen LogP contribution in [-0.2, 0) is 11.2 Å². The van der Waals surface area contributed by atoms with Gasteiger partial charge < -0.3 is 15.0 Å². The molecule has 2 fully saturated rings. The summed E-state index contributed by atoms with van der Waals surface area (Å²) in [7, 11) is 0. The molecule has 0 spiro atoms. The van der Waals surface area contributed by atoms with E-state index in [-0.39, 0.29) is 11.7 Å². The van der Waals surface area contributed by atoms with Crippen LogP contribution in [0.5, 0.6) is 5.75 Å². The number of aryl methyl sites for hydroxylation is 1. The van der Waals surface area contributed by atoms with Crippen LogP contribution in [0.25, 0.3) is 0 Å². The van der Waals surface area contributed by atoms with Crippen molar-refractivity contribution in [1.82, 2.24) is 10.2 Å². The Morgan fingerprint density at radius 1 is 1.22 bits per heavy atom. The summed E-state index contributed by atoms with van der Waals surface area (Å²) in [5, 5.41) is 3.56. The van der Waals surface area contributed by atoms with Gasteiger partial charge in [0.25, 0.3) is 0 Å². The lowest BCUT2D eigenvalue weighted by Crippen LogP contribution is -2.39. The number of carbonyl (C=O) groups excluding carboxylic acids is 1. The van der Waals surface area contributed by atoms with Crippen LogP contribution in [0.15, 0.2) is 24.3 Å². The van der Waals surface area contributed by atoms with E-state index in [1.807, 2.05) is 4.90 Å². The summed E-state index contributed by atoms with van der Waals surface area (Å²) >= 11 is 0. The van der Waals surface area contributed by atoms with Gasteiger partial charge >= 0.3 is 6.61 Å². The number of fused-ring (bicyclic) bond motifs is 2. The van der Waals surface area contributed by atoms with Crippen molar-refractivity contribution < 1.29 is 18.3 Å². The van der Waals surface area contributed by atoms with Gasteiger partial charge in [0.05, 0.1) is 0 Å². The first-order valence-corrected chi connectivity index (χ1v) is 8.18. The van der Waals surface area contributed by atoms with Crippen LogP contribution < -0.4 is 10.1 Å². The van der Waals surface area contributed by atoms with Gasteiger partial charge in [-0.25, -0.2) is 0 Å². The van der Waals surface area contributed by atoms with E-state index >= 15 is 0 Å². The molecule has 0 saturated carbocycles. The number of amides is 1. The van der Waals surface area contributed by atoms with E-state index in [0.29, 0.717) is 24.9 Å². The first-order valence-electron chi connectivity index (χ1n) is 8.18.